The van der Waals surface area contributed by atoms with Crippen molar-refractivity contribution in [1.82, 2.24) is 14.9 Å². The fourth-order valence-electron chi connectivity index (χ4n) is 1.49. The minimum atomic E-state index is 0.612. The summed E-state index contributed by atoms with van der Waals surface area (Å²) in [4.78, 5) is 10.7. The van der Waals surface area contributed by atoms with E-state index in [4.69, 9.17) is 0 Å². The quantitative estimate of drug-likeness (QED) is 0.737. The summed E-state index contributed by atoms with van der Waals surface area (Å²) in [6.07, 6.45) is 3.70. The highest BCUT2D eigenvalue weighted by molar-refractivity contribution is 5.34. The lowest BCUT2D eigenvalue weighted by Gasteiger charge is -2.20. The van der Waals surface area contributed by atoms with Crippen LogP contribution in [0.15, 0.2) is 12.4 Å². The molecule has 0 bridgehead atoms. The minimum Gasteiger partial charge on any atom is -0.370 e. The van der Waals surface area contributed by atoms with Crippen molar-refractivity contribution in [2.75, 3.05) is 25.5 Å². The molecular formula is C13H24N4. The summed E-state index contributed by atoms with van der Waals surface area (Å²) in [7, 11) is 2.16. The molecule has 4 heteroatoms. The number of hydrogen-bond donors (Lipinski definition) is 1. The van der Waals surface area contributed by atoms with E-state index < -0.39 is 0 Å². The highest BCUT2D eigenvalue weighted by atomic mass is 15.1. The molecule has 1 aromatic rings. The third kappa shape index (κ3) is 5.13. The maximum Gasteiger partial charge on any atom is 0.129 e. The van der Waals surface area contributed by atoms with Gasteiger partial charge in [-0.15, -0.1) is 0 Å². The van der Waals surface area contributed by atoms with Gasteiger partial charge in [-0.25, -0.2) is 9.97 Å². The van der Waals surface area contributed by atoms with Gasteiger partial charge in [0, 0.05) is 24.3 Å². The Kier molecular flexibility index (Phi) is 5.91. The van der Waals surface area contributed by atoms with E-state index in [1.165, 1.54) is 0 Å². The van der Waals surface area contributed by atoms with Crippen molar-refractivity contribution in [3.8, 4) is 0 Å². The Hall–Kier alpha value is -1.16. The smallest absolute Gasteiger partial charge is 0.129 e. The van der Waals surface area contributed by atoms with Crippen molar-refractivity contribution in [1.29, 1.82) is 0 Å². The van der Waals surface area contributed by atoms with Crippen LogP contribution >= 0.6 is 0 Å². The predicted molar refractivity (Wildman–Crippen MR) is 72.3 cm³/mol. The normalized spacial score (nSPS) is 11.2. The molecule has 0 aliphatic rings. The van der Waals surface area contributed by atoms with E-state index in [0.29, 0.717) is 6.04 Å². The monoisotopic (exact) mass is 236 g/mol. The van der Waals surface area contributed by atoms with Crippen molar-refractivity contribution in [3.05, 3.63) is 18.1 Å². The number of anilines is 1. The van der Waals surface area contributed by atoms with E-state index in [1.54, 1.807) is 6.33 Å². The highest BCUT2D eigenvalue weighted by Gasteiger charge is 2.02. The topological polar surface area (TPSA) is 41.0 Å². The third-order valence-corrected chi connectivity index (χ3v) is 2.96. The van der Waals surface area contributed by atoms with E-state index >= 15 is 0 Å². The predicted octanol–water partition coefficient (Wildman–Crippen LogP) is 2.18. The second-order valence-electron chi connectivity index (χ2n) is 4.60. The molecule has 96 valence electrons. The molecule has 0 unspecified atom stereocenters. The molecule has 0 spiro atoms. The molecule has 0 saturated heterocycles. The Morgan fingerprint density at radius 2 is 2.12 bits per heavy atom. The second-order valence-corrected chi connectivity index (χ2v) is 4.60. The van der Waals surface area contributed by atoms with Crippen molar-refractivity contribution in [3.63, 3.8) is 0 Å². The maximum atomic E-state index is 4.20. The van der Waals surface area contributed by atoms with E-state index in [-0.39, 0.29) is 0 Å². The third-order valence-electron chi connectivity index (χ3n) is 2.96. The van der Waals surface area contributed by atoms with Crippen LogP contribution in [0.25, 0.3) is 0 Å². The largest absolute Gasteiger partial charge is 0.370 e. The number of aromatic nitrogens is 2. The summed E-state index contributed by atoms with van der Waals surface area (Å²) in [5.74, 6) is 0.934. The molecule has 0 aliphatic heterocycles. The van der Waals surface area contributed by atoms with Crippen LogP contribution in [0.2, 0.25) is 0 Å². The lowest BCUT2D eigenvalue weighted by Crippen LogP contribution is -2.28. The Morgan fingerprint density at radius 1 is 1.35 bits per heavy atom. The molecule has 0 aliphatic carbocycles. The summed E-state index contributed by atoms with van der Waals surface area (Å²) in [5, 5.41) is 3.34. The van der Waals surface area contributed by atoms with Gasteiger partial charge < -0.3 is 10.2 Å². The minimum absolute atomic E-state index is 0.612. The van der Waals surface area contributed by atoms with Gasteiger partial charge in [-0.1, -0.05) is 6.92 Å². The Morgan fingerprint density at radius 3 is 2.76 bits per heavy atom. The molecule has 1 aromatic heterocycles. The molecule has 0 radical (unpaired) electrons. The van der Waals surface area contributed by atoms with Crippen LogP contribution in [0.3, 0.4) is 0 Å². The summed E-state index contributed by atoms with van der Waals surface area (Å²) >= 11 is 0. The zero-order valence-corrected chi connectivity index (χ0v) is 11.4. The van der Waals surface area contributed by atoms with Gasteiger partial charge in [-0.05, 0) is 40.3 Å². The number of nitrogens with one attached hydrogen (secondary N) is 1. The lowest BCUT2D eigenvalue weighted by atomic mass is 10.3. The first-order valence-electron chi connectivity index (χ1n) is 6.38. The zero-order valence-electron chi connectivity index (χ0n) is 11.4. The lowest BCUT2D eigenvalue weighted by molar-refractivity contribution is 0.273. The molecule has 0 aromatic carbocycles. The fraction of sp³-hybridized carbons (Fsp3) is 0.692. The number of nitrogens with zero attached hydrogens (tertiary/aromatic N) is 3. The SMILES string of the molecule is CCc1cc(NCCCN(C)C(C)C)ncn1. The molecule has 0 fully saturated rings. The molecular weight excluding hydrogens is 212 g/mol. The number of rotatable bonds is 7. The van der Waals surface area contributed by atoms with E-state index in [1.807, 2.05) is 6.07 Å². The highest BCUT2D eigenvalue weighted by Crippen LogP contribution is 2.04. The van der Waals surface area contributed by atoms with Gasteiger partial charge >= 0.3 is 0 Å². The summed E-state index contributed by atoms with van der Waals surface area (Å²) in [6.45, 7) is 8.59. The van der Waals surface area contributed by atoms with Crippen LogP contribution in [0.4, 0.5) is 5.82 Å². The zero-order chi connectivity index (χ0) is 12.7. The van der Waals surface area contributed by atoms with Gasteiger partial charge in [0.25, 0.3) is 0 Å². The average Bonchev–Trinajstić information content (AvgIpc) is 2.34. The van der Waals surface area contributed by atoms with Gasteiger partial charge in [0.1, 0.15) is 12.1 Å². The van der Waals surface area contributed by atoms with Crippen LogP contribution in [-0.2, 0) is 6.42 Å². The van der Waals surface area contributed by atoms with Crippen LogP contribution in [0.5, 0.6) is 0 Å². The Bertz CT molecular complexity index is 325. The van der Waals surface area contributed by atoms with Crippen molar-refractivity contribution >= 4 is 5.82 Å². The van der Waals surface area contributed by atoms with Gasteiger partial charge in [0.05, 0.1) is 0 Å². The molecule has 1 N–H and O–H groups in total. The van der Waals surface area contributed by atoms with Gasteiger partial charge in [-0.3, -0.25) is 0 Å². The first kappa shape index (κ1) is 13.9. The summed E-state index contributed by atoms with van der Waals surface area (Å²) in [5.41, 5.74) is 1.08. The Labute approximate surface area is 104 Å². The van der Waals surface area contributed by atoms with Crippen molar-refractivity contribution in [2.24, 2.45) is 0 Å². The van der Waals surface area contributed by atoms with Crippen LogP contribution in [-0.4, -0.2) is 41.0 Å². The van der Waals surface area contributed by atoms with Crippen LogP contribution < -0.4 is 5.32 Å². The first-order valence-corrected chi connectivity index (χ1v) is 6.38. The van der Waals surface area contributed by atoms with Gasteiger partial charge in [0.2, 0.25) is 0 Å². The second kappa shape index (κ2) is 7.22. The molecule has 0 atom stereocenters. The van der Waals surface area contributed by atoms with Gasteiger partial charge in [0.15, 0.2) is 0 Å². The molecule has 0 amide bonds. The van der Waals surface area contributed by atoms with Crippen LogP contribution in [0, 0.1) is 0 Å². The van der Waals surface area contributed by atoms with Crippen molar-refractivity contribution < 1.29 is 0 Å². The molecule has 4 nitrogen and oxygen atoms in total. The van der Waals surface area contributed by atoms with Crippen LogP contribution in [0.1, 0.15) is 32.9 Å². The maximum absolute atomic E-state index is 4.20. The number of hydrogen-bond acceptors (Lipinski definition) is 4. The molecule has 0 saturated carbocycles. The van der Waals surface area contributed by atoms with E-state index in [9.17, 15) is 0 Å². The molecule has 17 heavy (non-hydrogen) atoms. The molecule has 1 heterocycles. The molecule has 1 rings (SSSR count). The van der Waals surface area contributed by atoms with E-state index in [0.717, 1.165) is 37.4 Å². The van der Waals surface area contributed by atoms with Gasteiger partial charge in [-0.2, -0.15) is 0 Å². The summed E-state index contributed by atoms with van der Waals surface area (Å²) < 4.78 is 0. The van der Waals surface area contributed by atoms with Crippen molar-refractivity contribution in [2.45, 2.75) is 39.7 Å². The standard InChI is InChI=1S/C13H24N4/c1-5-12-9-13(16-10-15-12)14-7-6-8-17(4)11(2)3/h9-11H,5-8H2,1-4H3,(H,14,15,16). The average molecular weight is 236 g/mol. The Balaban J connectivity index is 2.26. The first-order chi connectivity index (χ1) is 8.13. The fourth-order valence-corrected chi connectivity index (χ4v) is 1.49. The van der Waals surface area contributed by atoms with E-state index in [2.05, 4.69) is 48.0 Å². The number of aryl methyl sites for hydroxylation is 1. The summed E-state index contributed by atoms with van der Waals surface area (Å²) in [6, 6.07) is 2.63.